The van der Waals surface area contributed by atoms with E-state index < -0.39 is 8.07 Å². The molecular weight excluding hydrogens is 220 g/mol. The van der Waals surface area contributed by atoms with Crippen molar-refractivity contribution in [3.63, 3.8) is 0 Å². The molecule has 0 aliphatic heterocycles. The van der Waals surface area contributed by atoms with Gasteiger partial charge in [0.2, 0.25) is 0 Å². The van der Waals surface area contributed by atoms with Gasteiger partial charge in [0.1, 0.15) is 0 Å². The van der Waals surface area contributed by atoms with Crippen LogP contribution in [0.4, 0.5) is 0 Å². The number of methoxy groups -OCH3 is 3. The summed E-state index contributed by atoms with van der Waals surface area (Å²) in [6, 6.07) is 4.63. The highest BCUT2D eigenvalue weighted by Gasteiger charge is 2.30. The van der Waals surface area contributed by atoms with Crippen molar-refractivity contribution in [3.05, 3.63) is 12.7 Å². The van der Waals surface area contributed by atoms with Gasteiger partial charge in [-0.2, -0.15) is 0 Å². The summed E-state index contributed by atoms with van der Waals surface area (Å²) in [4.78, 5) is 0. The van der Waals surface area contributed by atoms with Crippen molar-refractivity contribution in [1.29, 1.82) is 0 Å². The average molecular weight is 246 g/mol. The molecule has 0 N–H and O–H groups in total. The highest BCUT2D eigenvalue weighted by Crippen LogP contribution is 2.26. The molecule has 0 rings (SSSR count). The van der Waals surface area contributed by atoms with Gasteiger partial charge in [-0.3, -0.25) is 0 Å². The van der Waals surface area contributed by atoms with Crippen LogP contribution in [0.2, 0.25) is 24.2 Å². The van der Waals surface area contributed by atoms with Crippen molar-refractivity contribution in [2.24, 2.45) is 0 Å². The Morgan fingerprint density at radius 2 is 1.25 bits per heavy atom. The summed E-state index contributed by atoms with van der Waals surface area (Å²) in [7, 11) is 3.94. The van der Waals surface area contributed by atoms with Crippen LogP contribution in [0.3, 0.4) is 0 Å². The summed E-state index contributed by atoms with van der Waals surface area (Å²) in [5.41, 5.74) is 0. The maximum atomic E-state index is 5.22. The second-order valence-electron chi connectivity index (χ2n) is 4.22. The zero-order valence-corrected chi connectivity index (χ0v) is 12.0. The van der Waals surface area contributed by atoms with E-state index in [0.29, 0.717) is 0 Å². The van der Waals surface area contributed by atoms with Gasteiger partial charge in [0, 0.05) is 41.2 Å². The minimum Gasteiger partial charge on any atom is -0.385 e. The Hall–Kier alpha value is -0.163. The van der Waals surface area contributed by atoms with Crippen LogP contribution in [0.1, 0.15) is 0 Å². The van der Waals surface area contributed by atoms with E-state index in [1.54, 1.807) is 21.3 Å². The molecule has 0 spiro atoms. The number of hydrogen-bond donors (Lipinski definition) is 0. The minimum absolute atomic E-state index is 0.841. The van der Waals surface area contributed by atoms with E-state index in [-0.39, 0.29) is 0 Å². The summed E-state index contributed by atoms with van der Waals surface area (Å²) >= 11 is 0. The summed E-state index contributed by atoms with van der Waals surface area (Å²) in [6.45, 7) is 6.40. The highest BCUT2D eigenvalue weighted by atomic mass is 28.3. The van der Waals surface area contributed by atoms with Crippen LogP contribution >= 0.6 is 0 Å². The van der Waals surface area contributed by atoms with E-state index in [0.717, 1.165) is 25.9 Å². The molecule has 96 valence electrons. The predicted octanol–water partition coefficient (Wildman–Crippen LogP) is 2.56. The standard InChI is InChI=1S/C12H26O3Si/c1-5-9-16(10-6-13-2,11-7-14-3)12-8-15-4/h5H,1,6-12H2,2-4H3. The van der Waals surface area contributed by atoms with E-state index in [4.69, 9.17) is 14.2 Å². The lowest BCUT2D eigenvalue weighted by Gasteiger charge is -2.30. The van der Waals surface area contributed by atoms with Crippen LogP contribution in [0.15, 0.2) is 12.7 Å². The number of allylic oxidation sites excluding steroid dienone is 1. The van der Waals surface area contributed by atoms with Gasteiger partial charge in [-0.1, -0.05) is 6.08 Å². The molecule has 0 fully saturated rings. The molecule has 0 aliphatic carbocycles. The Bertz CT molecular complexity index is 152. The quantitative estimate of drug-likeness (QED) is 0.414. The largest absolute Gasteiger partial charge is 0.385 e. The van der Waals surface area contributed by atoms with Crippen LogP contribution in [-0.4, -0.2) is 49.2 Å². The van der Waals surface area contributed by atoms with Crippen molar-refractivity contribution in [2.75, 3.05) is 41.2 Å². The summed E-state index contributed by atoms with van der Waals surface area (Å²) < 4.78 is 15.7. The van der Waals surface area contributed by atoms with Gasteiger partial charge in [0.15, 0.2) is 0 Å². The molecule has 0 aliphatic rings. The van der Waals surface area contributed by atoms with Crippen molar-refractivity contribution >= 4 is 8.07 Å². The summed E-state index contributed by atoms with van der Waals surface area (Å²) in [5, 5.41) is 0. The number of rotatable bonds is 11. The Balaban J connectivity index is 4.37. The Morgan fingerprint density at radius 1 is 0.875 bits per heavy atom. The third kappa shape index (κ3) is 6.43. The average Bonchev–Trinajstić information content (AvgIpc) is 2.31. The van der Waals surface area contributed by atoms with Crippen molar-refractivity contribution in [3.8, 4) is 0 Å². The summed E-state index contributed by atoms with van der Waals surface area (Å²) in [6.07, 6.45) is 2.05. The maximum absolute atomic E-state index is 5.22. The van der Waals surface area contributed by atoms with E-state index in [9.17, 15) is 0 Å². The molecule has 16 heavy (non-hydrogen) atoms. The fourth-order valence-electron chi connectivity index (χ4n) is 1.94. The number of hydrogen-bond acceptors (Lipinski definition) is 3. The van der Waals surface area contributed by atoms with Gasteiger partial charge in [-0.25, -0.2) is 0 Å². The van der Waals surface area contributed by atoms with Crippen LogP contribution in [0.25, 0.3) is 0 Å². The monoisotopic (exact) mass is 246 g/mol. The van der Waals surface area contributed by atoms with E-state index in [1.165, 1.54) is 18.1 Å². The Kier molecular flexibility index (Phi) is 9.92. The van der Waals surface area contributed by atoms with Crippen molar-refractivity contribution < 1.29 is 14.2 Å². The maximum Gasteiger partial charge on any atom is 0.0641 e. The lowest BCUT2D eigenvalue weighted by molar-refractivity contribution is 0.201. The topological polar surface area (TPSA) is 27.7 Å². The first-order valence-electron chi connectivity index (χ1n) is 5.82. The molecule has 0 aromatic carbocycles. The molecule has 0 amide bonds. The summed E-state index contributed by atoms with van der Waals surface area (Å²) in [5.74, 6) is 0. The molecule has 3 nitrogen and oxygen atoms in total. The molecule has 0 heterocycles. The highest BCUT2D eigenvalue weighted by molar-refractivity contribution is 6.80. The zero-order valence-electron chi connectivity index (χ0n) is 11.0. The number of ether oxygens (including phenoxy) is 3. The molecule has 0 atom stereocenters. The van der Waals surface area contributed by atoms with Gasteiger partial charge < -0.3 is 14.2 Å². The fraction of sp³-hybridized carbons (Fsp3) is 0.833. The molecule has 0 aromatic rings. The van der Waals surface area contributed by atoms with Crippen molar-refractivity contribution in [2.45, 2.75) is 24.2 Å². The van der Waals surface area contributed by atoms with E-state index >= 15 is 0 Å². The molecular formula is C12H26O3Si. The first-order valence-corrected chi connectivity index (χ1v) is 8.65. The second kappa shape index (κ2) is 10.0. The van der Waals surface area contributed by atoms with E-state index in [1.807, 2.05) is 6.08 Å². The van der Waals surface area contributed by atoms with E-state index in [2.05, 4.69) is 6.58 Å². The minimum atomic E-state index is -1.35. The lowest BCUT2D eigenvalue weighted by Crippen LogP contribution is -2.37. The molecule has 0 saturated heterocycles. The molecule has 0 unspecified atom stereocenters. The lowest BCUT2D eigenvalue weighted by atomic mass is 10.7. The predicted molar refractivity (Wildman–Crippen MR) is 70.8 cm³/mol. The SMILES string of the molecule is C=CC[Si](CCOC)(CCOC)CCOC. The molecule has 0 bridgehead atoms. The second-order valence-corrected chi connectivity index (χ2v) is 9.13. The van der Waals surface area contributed by atoms with Crippen molar-refractivity contribution in [1.82, 2.24) is 0 Å². The third-order valence-corrected chi connectivity index (χ3v) is 8.04. The van der Waals surface area contributed by atoms with Crippen LogP contribution in [0, 0.1) is 0 Å². The fourth-order valence-corrected chi connectivity index (χ4v) is 5.83. The third-order valence-electron chi connectivity index (χ3n) is 3.09. The Labute approximate surface area is 101 Å². The Morgan fingerprint density at radius 3 is 1.50 bits per heavy atom. The zero-order chi connectivity index (χ0) is 12.3. The van der Waals surface area contributed by atoms with Gasteiger partial charge in [-0.05, 0) is 24.2 Å². The molecule has 4 heteroatoms. The van der Waals surface area contributed by atoms with Gasteiger partial charge in [0.05, 0.1) is 8.07 Å². The smallest absolute Gasteiger partial charge is 0.0641 e. The van der Waals surface area contributed by atoms with Gasteiger partial charge in [-0.15, -0.1) is 6.58 Å². The molecule has 0 saturated carbocycles. The first kappa shape index (κ1) is 15.8. The molecule has 0 aromatic heterocycles. The van der Waals surface area contributed by atoms with Gasteiger partial charge in [0.25, 0.3) is 0 Å². The normalized spacial score (nSPS) is 11.7. The van der Waals surface area contributed by atoms with Crippen LogP contribution < -0.4 is 0 Å². The van der Waals surface area contributed by atoms with Crippen LogP contribution in [-0.2, 0) is 14.2 Å². The van der Waals surface area contributed by atoms with Crippen LogP contribution in [0.5, 0.6) is 0 Å². The first-order chi connectivity index (χ1) is 7.74. The molecule has 0 radical (unpaired) electrons. The van der Waals surface area contributed by atoms with Gasteiger partial charge >= 0.3 is 0 Å².